The van der Waals surface area contributed by atoms with Crippen molar-refractivity contribution in [2.75, 3.05) is 26.3 Å². The van der Waals surface area contributed by atoms with Crippen molar-refractivity contribution in [1.82, 2.24) is 10.2 Å². The van der Waals surface area contributed by atoms with Crippen molar-refractivity contribution in [2.45, 2.75) is 70.1 Å². The van der Waals surface area contributed by atoms with Crippen LogP contribution in [0.1, 0.15) is 46.1 Å². The predicted molar refractivity (Wildman–Crippen MR) is 130 cm³/mol. The van der Waals surface area contributed by atoms with E-state index in [4.69, 9.17) is 19.8 Å². The highest BCUT2D eigenvalue weighted by molar-refractivity contribution is 6.48. The van der Waals surface area contributed by atoms with Gasteiger partial charge in [-0.05, 0) is 46.1 Å². The number of carbonyl (C=O) groups excluding carboxylic acids is 2. The second kappa shape index (κ2) is 11.7. The molecule has 33 heavy (non-hydrogen) atoms. The summed E-state index contributed by atoms with van der Waals surface area (Å²) >= 11 is 0. The summed E-state index contributed by atoms with van der Waals surface area (Å²) < 4.78 is 17.7. The fourth-order valence-corrected chi connectivity index (χ4v) is 3.81. The number of morpholine rings is 1. The molecule has 0 aromatic heterocycles. The predicted octanol–water partition coefficient (Wildman–Crippen LogP) is 1.73. The summed E-state index contributed by atoms with van der Waals surface area (Å²) in [5.74, 6) is -0.903. The van der Waals surface area contributed by atoms with Gasteiger partial charge < -0.3 is 30.0 Å². The van der Waals surface area contributed by atoms with E-state index in [0.29, 0.717) is 32.7 Å². The van der Waals surface area contributed by atoms with Crippen LogP contribution in [-0.2, 0) is 30.1 Å². The molecule has 3 rings (SSSR count). The van der Waals surface area contributed by atoms with Crippen LogP contribution in [-0.4, -0.2) is 73.3 Å². The smallest absolute Gasteiger partial charge is 0.402 e. The third-order valence-corrected chi connectivity index (χ3v) is 6.61. The molecule has 0 saturated carbocycles. The second-order valence-electron chi connectivity index (χ2n) is 9.57. The topological polar surface area (TPSA) is 103 Å². The van der Waals surface area contributed by atoms with Gasteiger partial charge in [0.1, 0.15) is 0 Å². The van der Waals surface area contributed by atoms with E-state index in [-0.39, 0.29) is 30.6 Å². The zero-order valence-corrected chi connectivity index (χ0v) is 20.9. The van der Waals surface area contributed by atoms with Gasteiger partial charge in [0.2, 0.25) is 11.8 Å². The molecule has 2 unspecified atom stereocenters. The van der Waals surface area contributed by atoms with Gasteiger partial charge in [-0.1, -0.05) is 30.3 Å². The van der Waals surface area contributed by atoms with Gasteiger partial charge >= 0.3 is 7.12 Å². The molecule has 2 amide bonds. The number of rotatable bonds is 8. The van der Waals surface area contributed by atoms with Crippen molar-refractivity contribution in [1.29, 1.82) is 0 Å². The molecule has 2 aliphatic heterocycles. The molecule has 2 fully saturated rings. The molecule has 3 N–H and O–H groups in total. The number of nitrogens with one attached hydrogen (secondary N) is 1. The minimum atomic E-state index is -0.938. The molecule has 8 nitrogen and oxygen atoms in total. The van der Waals surface area contributed by atoms with Crippen molar-refractivity contribution < 1.29 is 23.6 Å². The number of ether oxygens (including phenoxy) is 1. The summed E-state index contributed by atoms with van der Waals surface area (Å²) in [6.45, 7) is 10.0. The summed E-state index contributed by atoms with van der Waals surface area (Å²) in [5, 5.41) is 3.00. The lowest BCUT2D eigenvalue weighted by Gasteiger charge is -2.32. The third kappa shape index (κ3) is 7.17. The number of nitrogens with zero attached hydrogens (tertiary/aromatic N) is 1. The molecule has 2 atom stereocenters. The highest BCUT2D eigenvalue weighted by atomic mass is 35.5. The van der Waals surface area contributed by atoms with Gasteiger partial charge in [-0.3, -0.25) is 9.59 Å². The van der Waals surface area contributed by atoms with Gasteiger partial charge in [0.05, 0.1) is 42.8 Å². The number of halogens is 1. The van der Waals surface area contributed by atoms with E-state index >= 15 is 0 Å². The lowest BCUT2D eigenvalue weighted by atomic mass is 9.75. The Morgan fingerprint density at radius 2 is 1.67 bits per heavy atom. The average Bonchev–Trinajstić information content (AvgIpc) is 2.99. The molecule has 2 heterocycles. The van der Waals surface area contributed by atoms with E-state index in [9.17, 15) is 9.59 Å². The van der Waals surface area contributed by atoms with E-state index in [1.54, 1.807) is 4.90 Å². The lowest BCUT2D eigenvalue weighted by Crippen LogP contribution is -2.54. The molecule has 0 aliphatic carbocycles. The van der Waals surface area contributed by atoms with Crippen LogP contribution in [0, 0.1) is 0 Å². The first-order chi connectivity index (χ1) is 15.1. The van der Waals surface area contributed by atoms with Gasteiger partial charge in [-0.2, -0.15) is 0 Å². The maximum Gasteiger partial charge on any atom is 0.481 e. The molecular formula is C23H37BClN3O5. The molecular weight excluding hydrogens is 445 g/mol. The number of hydrogen-bond donors (Lipinski definition) is 2. The van der Waals surface area contributed by atoms with Crippen molar-refractivity contribution in [3.63, 3.8) is 0 Å². The Morgan fingerprint density at radius 1 is 1.09 bits per heavy atom. The summed E-state index contributed by atoms with van der Waals surface area (Å²) in [4.78, 5) is 27.1. The van der Waals surface area contributed by atoms with E-state index in [1.807, 2.05) is 45.9 Å². The molecule has 0 radical (unpaired) electrons. The minimum Gasteiger partial charge on any atom is -0.402 e. The van der Waals surface area contributed by atoms with Crippen LogP contribution in [0.15, 0.2) is 30.3 Å². The fourth-order valence-electron chi connectivity index (χ4n) is 3.81. The average molecular weight is 482 g/mol. The Bertz CT molecular complexity index is 774. The second-order valence-corrected chi connectivity index (χ2v) is 9.57. The number of nitrogens with two attached hydrogens (primary N) is 1. The fraction of sp³-hybridized carbons (Fsp3) is 0.652. The van der Waals surface area contributed by atoms with Crippen LogP contribution in [0.3, 0.4) is 0 Å². The highest BCUT2D eigenvalue weighted by Gasteiger charge is 2.54. The summed E-state index contributed by atoms with van der Waals surface area (Å²) in [5.41, 5.74) is 6.25. The highest BCUT2D eigenvalue weighted by Crippen LogP contribution is 2.38. The van der Waals surface area contributed by atoms with Crippen LogP contribution < -0.4 is 11.1 Å². The summed E-state index contributed by atoms with van der Waals surface area (Å²) in [6, 6.07) is 9.12. The Labute approximate surface area is 203 Å². The van der Waals surface area contributed by atoms with Crippen LogP contribution in [0.5, 0.6) is 0 Å². The Hall–Kier alpha value is -1.65. The molecule has 10 heteroatoms. The van der Waals surface area contributed by atoms with Gasteiger partial charge in [0.25, 0.3) is 0 Å². The number of carbonyl (C=O) groups is 2. The number of amides is 2. The molecule has 2 aliphatic rings. The molecule has 2 saturated heterocycles. The van der Waals surface area contributed by atoms with Crippen molar-refractivity contribution >= 4 is 31.3 Å². The molecule has 0 bridgehead atoms. The minimum absolute atomic E-state index is 0. The Balaban J connectivity index is 0.00000385. The Kier molecular flexibility index (Phi) is 9.76. The maximum absolute atomic E-state index is 12.9. The zero-order chi connectivity index (χ0) is 23.4. The number of hydrogen-bond acceptors (Lipinski definition) is 6. The normalized spacial score (nSPS) is 21.1. The van der Waals surface area contributed by atoms with Gasteiger partial charge in [0.15, 0.2) is 0 Å². The molecule has 1 aromatic rings. The number of aryl methyl sites for hydroxylation is 1. The molecule has 1 aromatic carbocycles. The van der Waals surface area contributed by atoms with Crippen LogP contribution in [0.2, 0.25) is 0 Å². The summed E-state index contributed by atoms with van der Waals surface area (Å²) in [7, 11) is -0.602. The van der Waals surface area contributed by atoms with Crippen LogP contribution in [0.25, 0.3) is 0 Å². The maximum atomic E-state index is 12.9. The van der Waals surface area contributed by atoms with E-state index < -0.39 is 30.3 Å². The first-order valence-corrected chi connectivity index (χ1v) is 11.4. The molecule has 184 valence electrons. The SMILES string of the molecule is CC1(C)OB(C(CCc2ccccc2)NC(=O)C(N)CC(=O)N2CCOCC2)OC1(C)C.Cl. The van der Waals surface area contributed by atoms with Gasteiger partial charge in [-0.15, -0.1) is 12.4 Å². The first kappa shape index (κ1) is 27.6. The zero-order valence-electron chi connectivity index (χ0n) is 20.0. The van der Waals surface area contributed by atoms with Crippen molar-refractivity contribution in [3.05, 3.63) is 35.9 Å². The van der Waals surface area contributed by atoms with Crippen molar-refractivity contribution in [2.24, 2.45) is 5.73 Å². The quantitative estimate of drug-likeness (QED) is 0.548. The Morgan fingerprint density at radius 3 is 2.24 bits per heavy atom. The first-order valence-electron chi connectivity index (χ1n) is 11.4. The van der Waals surface area contributed by atoms with Crippen LogP contribution >= 0.6 is 12.4 Å². The van der Waals surface area contributed by atoms with Gasteiger partial charge in [0, 0.05) is 13.1 Å². The molecule has 0 spiro atoms. The standard InChI is InChI=1S/C23H36BN3O5.ClH/c1-22(2)23(3,4)32-24(31-22)19(11-10-17-8-6-5-7-9-17)26-21(29)18(25)16-20(28)27-12-14-30-15-13-27;/h5-9,18-19H,10-16,25H2,1-4H3,(H,26,29);1H. The largest absolute Gasteiger partial charge is 0.481 e. The monoisotopic (exact) mass is 481 g/mol. The van der Waals surface area contributed by atoms with E-state index in [1.165, 1.54) is 0 Å². The van der Waals surface area contributed by atoms with Crippen molar-refractivity contribution in [3.8, 4) is 0 Å². The van der Waals surface area contributed by atoms with E-state index in [0.717, 1.165) is 12.0 Å². The lowest BCUT2D eigenvalue weighted by molar-refractivity contribution is -0.137. The number of benzene rings is 1. The van der Waals surface area contributed by atoms with Crippen LogP contribution in [0.4, 0.5) is 0 Å². The third-order valence-electron chi connectivity index (χ3n) is 6.61. The summed E-state index contributed by atoms with van der Waals surface area (Å²) in [6.07, 6.45) is 1.33. The van der Waals surface area contributed by atoms with E-state index in [2.05, 4.69) is 17.4 Å². The van der Waals surface area contributed by atoms with Gasteiger partial charge in [-0.25, -0.2) is 0 Å².